The number of likely N-dealkylation sites (N-methyl/N-ethyl adjacent to an activating group) is 1. The Morgan fingerprint density at radius 1 is 1.40 bits per heavy atom. The van der Waals surface area contributed by atoms with Crippen molar-refractivity contribution in [3.05, 3.63) is 28.2 Å². The molecule has 1 rings (SSSR count). The van der Waals surface area contributed by atoms with Crippen LogP contribution in [-0.2, 0) is 0 Å². The summed E-state index contributed by atoms with van der Waals surface area (Å²) in [5.74, 6) is 0.483. The number of nitrogens with zero attached hydrogens (tertiary/aromatic N) is 1. The Morgan fingerprint density at radius 2 is 2.05 bits per heavy atom. The molecule has 0 heterocycles. The Hall–Kier alpha value is -1.07. The molecule has 0 radical (unpaired) electrons. The predicted molar refractivity (Wildman–Crippen MR) is 87.8 cm³/mol. The lowest BCUT2D eigenvalue weighted by Crippen LogP contribution is -2.42. The summed E-state index contributed by atoms with van der Waals surface area (Å²) in [7, 11) is 4.03. The van der Waals surface area contributed by atoms with Crippen molar-refractivity contribution in [3.63, 3.8) is 0 Å². The zero-order valence-corrected chi connectivity index (χ0v) is 14.2. The highest BCUT2D eigenvalue weighted by Crippen LogP contribution is 2.20. The van der Waals surface area contributed by atoms with Crippen molar-refractivity contribution in [3.8, 4) is 0 Å². The van der Waals surface area contributed by atoms with Crippen LogP contribution in [0.5, 0.6) is 0 Å². The molecule has 0 aliphatic rings. The Bertz CT molecular complexity index is 450. The first-order chi connectivity index (χ1) is 9.29. The van der Waals surface area contributed by atoms with Gasteiger partial charge in [-0.2, -0.15) is 0 Å². The van der Waals surface area contributed by atoms with Crippen molar-refractivity contribution in [1.82, 2.24) is 10.2 Å². The lowest BCUT2D eigenvalue weighted by Gasteiger charge is -2.24. The topological polar surface area (TPSA) is 58.4 Å². The molecule has 0 aliphatic heterocycles. The van der Waals surface area contributed by atoms with Crippen LogP contribution in [0.15, 0.2) is 22.7 Å². The third-order valence-corrected chi connectivity index (χ3v) is 3.63. The molecule has 112 valence electrons. The molecule has 4 nitrogen and oxygen atoms in total. The van der Waals surface area contributed by atoms with E-state index in [0.717, 1.165) is 17.4 Å². The van der Waals surface area contributed by atoms with Crippen molar-refractivity contribution < 1.29 is 4.79 Å². The van der Waals surface area contributed by atoms with Gasteiger partial charge >= 0.3 is 0 Å². The highest BCUT2D eigenvalue weighted by atomic mass is 79.9. The Kier molecular flexibility index (Phi) is 6.49. The van der Waals surface area contributed by atoms with Gasteiger partial charge in [0.1, 0.15) is 0 Å². The summed E-state index contributed by atoms with van der Waals surface area (Å²) in [6.45, 7) is 5.16. The van der Waals surface area contributed by atoms with Crippen molar-refractivity contribution in [2.45, 2.75) is 26.3 Å². The number of nitrogens with two attached hydrogens (primary N) is 1. The van der Waals surface area contributed by atoms with Crippen LogP contribution in [0.3, 0.4) is 0 Å². The summed E-state index contributed by atoms with van der Waals surface area (Å²) < 4.78 is 0.748. The van der Waals surface area contributed by atoms with Gasteiger partial charge in [0.25, 0.3) is 5.91 Å². The molecular weight excluding hydrogens is 318 g/mol. The Morgan fingerprint density at radius 3 is 2.55 bits per heavy atom. The minimum absolute atomic E-state index is 0.0572. The number of hydrogen-bond acceptors (Lipinski definition) is 3. The van der Waals surface area contributed by atoms with Crippen LogP contribution >= 0.6 is 15.9 Å². The second-order valence-corrected chi connectivity index (χ2v) is 6.65. The fourth-order valence-electron chi connectivity index (χ4n) is 2.13. The summed E-state index contributed by atoms with van der Waals surface area (Å²) in [4.78, 5) is 14.4. The van der Waals surface area contributed by atoms with Crippen LogP contribution in [0.2, 0.25) is 0 Å². The van der Waals surface area contributed by atoms with Crippen LogP contribution < -0.4 is 11.1 Å². The number of benzene rings is 1. The number of nitrogen functional groups attached to an aromatic ring is 1. The normalized spacial score (nSPS) is 12.8. The van der Waals surface area contributed by atoms with E-state index in [4.69, 9.17) is 5.73 Å². The average Bonchev–Trinajstić information content (AvgIpc) is 2.30. The zero-order chi connectivity index (χ0) is 15.3. The highest BCUT2D eigenvalue weighted by Gasteiger charge is 2.16. The summed E-state index contributed by atoms with van der Waals surface area (Å²) in [5.41, 5.74) is 6.99. The molecule has 1 amide bonds. The van der Waals surface area contributed by atoms with E-state index in [1.54, 1.807) is 18.2 Å². The second kappa shape index (κ2) is 7.64. The Labute approximate surface area is 129 Å². The molecule has 1 aromatic carbocycles. The van der Waals surface area contributed by atoms with Gasteiger partial charge in [0.05, 0.1) is 0 Å². The third-order valence-electron chi connectivity index (χ3n) is 2.94. The van der Waals surface area contributed by atoms with Crippen LogP contribution in [0.25, 0.3) is 0 Å². The van der Waals surface area contributed by atoms with Gasteiger partial charge in [-0.15, -0.1) is 0 Å². The van der Waals surface area contributed by atoms with Gasteiger partial charge in [-0.1, -0.05) is 13.8 Å². The molecule has 0 fully saturated rings. The highest BCUT2D eigenvalue weighted by molar-refractivity contribution is 9.10. The van der Waals surface area contributed by atoms with E-state index in [1.807, 2.05) is 14.1 Å². The molecular formula is C15H24BrN3O. The van der Waals surface area contributed by atoms with E-state index in [9.17, 15) is 4.79 Å². The van der Waals surface area contributed by atoms with Gasteiger partial charge < -0.3 is 16.0 Å². The summed E-state index contributed by atoms with van der Waals surface area (Å²) in [5, 5.41) is 3.10. The van der Waals surface area contributed by atoms with Crippen molar-refractivity contribution in [2.24, 2.45) is 5.92 Å². The molecule has 1 aromatic rings. The minimum Gasteiger partial charge on any atom is -0.398 e. The van der Waals surface area contributed by atoms with Crippen LogP contribution in [-0.4, -0.2) is 37.5 Å². The van der Waals surface area contributed by atoms with E-state index < -0.39 is 0 Å². The number of carbonyl (C=O) groups excluding carboxylic acids is 1. The maximum absolute atomic E-state index is 12.3. The summed E-state index contributed by atoms with van der Waals surface area (Å²) in [6, 6.07) is 5.39. The van der Waals surface area contributed by atoms with Crippen molar-refractivity contribution >= 4 is 27.5 Å². The molecule has 0 saturated carbocycles. The molecule has 5 heteroatoms. The fourth-order valence-corrected chi connectivity index (χ4v) is 2.50. The van der Waals surface area contributed by atoms with Crippen molar-refractivity contribution in [2.75, 3.05) is 26.4 Å². The molecule has 0 saturated heterocycles. The number of halogens is 1. The average molecular weight is 342 g/mol. The molecule has 0 aromatic heterocycles. The van der Waals surface area contributed by atoms with Gasteiger partial charge in [0.2, 0.25) is 0 Å². The maximum atomic E-state index is 12.3. The number of carbonyl (C=O) groups is 1. The first-order valence-corrected chi connectivity index (χ1v) is 7.59. The number of anilines is 1. The maximum Gasteiger partial charge on any atom is 0.251 e. The van der Waals surface area contributed by atoms with Crippen LogP contribution in [0, 0.1) is 5.92 Å². The smallest absolute Gasteiger partial charge is 0.251 e. The Balaban J connectivity index is 2.76. The number of hydrogen-bond donors (Lipinski definition) is 2. The zero-order valence-electron chi connectivity index (χ0n) is 12.6. The minimum atomic E-state index is -0.0572. The molecule has 1 unspecified atom stereocenters. The van der Waals surface area contributed by atoms with E-state index >= 15 is 0 Å². The van der Waals surface area contributed by atoms with Gasteiger partial charge in [-0.3, -0.25) is 4.79 Å². The number of amides is 1. The van der Waals surface area contributed by atoms with Crippen LogP contribution in [0.1, 0.15) is 30.6 Å². The first kappa shape index (κ1) is 17.0. The van der Waals surface area contributed by atoms with E-state index in [0.29, 0.717) is 17.2 Å². The van der Waals surface area contributed by atoms with Gasteiger partial charge in [0, 0.05) is 28.3 Å². The molecule has 0 spiro atoms. The molecule has 0 bridgehead atoms. The van der Waals surface area contributed by atoms with Gasteiger partial charge in [-0.25, -0.2) is 0 Å². The third kappa shape index (κ3) is 5.51. The molecule has 1 atom stereocenters. The molecule has 3 N–H and O–H groups in total. The van der Waals surface area contributed by atoms with Crippen molar-refractivity contribution in [1.29, 1.82) is 0 Å². The summed E-state index contributed by atoms with van der Waals surface area (Å²) in [6.07, 6.45) is 0.958. The summed E-state index contributed by atoms with van der Waals surface area (Å²) >= 11 is 3.35. The second-order valence-electron chi connectivity index (χ2n) is 5.80. The largest absolute Gasteiger partial charge is 0.398 e. The van der Waals surface area contributed by atoms with E-state index in [-0.39, 0.29) is 11.9 Å². The van der Waals surface area contributed by atoms with Gasteiger partial charge in [0.15, 0.2) is 0 Å². The van der Waals surface area contributed by atoms with E-state index in [2.05, 4.69) is 40.0 Å². The SMILES string of the molecule is CC(C)CC(CN(C)C)NC(=O)c1ccc(N)c(Br)c1. The number of rotatable bonds is 6. The monoisotopic (exact) mass is 341 g/mol. The lowest BCUT2D eigenvalue weighted by molar-refractivity contribution is 0.0924. The standard InChI is InChI=1S/C15H24BrN3O/c1-10(2)7-12(9-19(3)4)18-15(20)11-5-6-14(17)13(16)8-11/h5-6,8,10,12H,7,9,17H2,1-4H3,(H,18,20). The molecule has 0 aliphatic carbocycles. The van der Waals surface area contributed by atoms with E-state index in [1.165, 1.54) is 0 Å². The first-order valence-electron chi connectivity index (χ1n) is 6.80. The van der Waals surface area contributed by atoms with Gasteiger partial charge in [-0.05, 0) is 60.6 Å². The predicted octanol–water partition coefficient (Wildman–Crippen LogP) is 2.74. The number of nitrogens with one attached hydrogen (secondary N) is 1. The molecule has 20 heavy (non-hydrogen) atoms. The lowest BCUT2D eigenvalue weighted by atomic mass is 10.0. The quantitative estimate of drug-likeness (QED) is 0.782. The van der Waals surface area contributed by atoms with Crippen LogP contribution in [0.4, 0.5) is 5.69 Å². The fraction of sp³-hybridized carbons (Fsp3) is 0.533.